The molecule has 132 valence electrons. The molecule has 1 aromatic heterocycles. The Morgan fingerprint density at radius 3 is 3.04 bits per heavy atom. The van der Waals surface area contributed by atoms with Gasteiger partial charge in [0.15, 0.2) is 11.5 Å². The molecule has 0 aliphatic carbocycles. The monoisotopic (exact) mass is 343 g/mol. The Kier molecular flexibility index (Phi) is 4.09. The summed E-state index contributed by atoms with van der Waals surface area (Å²) in [7, 11) is 3.58. The third kappa shape index (κ3) is 3.07. The lowest BCUT2D eigenvalue weighted by molar-refractivity contribution is -0.132. The van der Waals surface area contributed by atoms with Crippen LogP contribution in [0.15, 0.2) is 24.4 Å². The molecule has 0 saturated carbocycles. The Bertz CT molecular complexity index is 802. The summed E-state index contributed by atoms with van der Waals surface area (Å²) in [5.41, 5.74) is 3.06. The maximum Gasteiger partial charge on any atom is 0.231 e. The summed E-state index contributed by atoms with van der Waals surface area (Å²) in [6.07, 6.45) is 2.32. The standard InChI is InChI=1S/C18H21N3O4/c1-20-7-13-8-21(9-14(10-23-2)18(13)19-20)17(22)6-12-3-4-15-16(5-12)25-11-24-15/h3-5,7,14H,6,8-11H2,1-2H3/t14-/m1/s1. The molecule has 1 amide bonds. The summed E-state index contributed by atoms with van der Waals surface area (Å²) >= 11 is 0. The molecule has 3 heterocycles. The van der Waals surface area contributed by atoms with Crippen molar-refractivity contribution >= 4 is 5.91 Å². The maximum absolute atomic E-state index is 12.8. The first-order valence-corrected chi connectivity index (χ1v) is 8.31. The van der Waals surface area contributed by atoms with Gasteiger partial charge in [-0.2, -0.15) is 5.10 Å². The number of ether oxygens (including phenoxy) is 3. The van der Waals surface area contributed by atoms with Crippen LogP contribution in [0.3, 0.4) is 0 Å². The number of carbonyl (C=O) groups is 1. The normalized spacial score (nSPS) is 18.3. The van der Waals surface area contributed by atoms with Crippen LogP contribution in [0.25, 0.3) is 0 Å². The highest BCUT2D eigenvalue weighted by molar-refractivity contribution is 5.79. The van der Waals surface area contributed by atoms with Gasteiger partial charge in [-0.05, 0) is 17.7 Å². The van der Waals surface area contributed by atoms with Gasteiger partial charge in [0.1, 0.15) is 0 Å². The Morgan fingerprint density at radius 1 is 1.36 bits per heavy atom. The van der Waals surface area contributed by atoms with Gasteiger partial charge < -0.3 is 19.1 Å². The molecule has 0 bridgehead atoms. The van der Waals surface area contributed by atoms with E-state index in [4.69, 9.17) is 14.2 Å². The van der Waals surface area contributed by atoms with Crippen molar-refractivity contribution in [3.63, 3.8) is 0 Å². The maximum atomic E-state index is 12.8. The number of methoxy groups -OCH3 is 1. The molecule has 0 N–H and O–H groups in total. The van der Waals surface area contributed by atoms with Gasteiger partial charge in [0, 0.05) is 44.9 Å². The summed E-state index contributed by atoms with van der Waals surface area (Å²) in [6.45, 7) is 2.01. The number of hydrogen-bond acceptors (Lipinski definition) is 5. The molecule has 0 radical (unpaired) electrons. The van der Waals surface area contributed by atoms with E-state index in [1.165, 1.54) is 0 Å². The highest BCUT2D eigenvalue weighted by atomic mass is 16.7. The molecule has 25 heavy (non-hydrogen) atoms. The smallest absolute Gasteiger partial charge is 0.231 e. The minimum Gasteiger partial charge on any atom is -0.454 e. The molecule has 2 aliphatic heterocycles. The van der Waals surface area contributed by atoms with Crippen molar-refractivity contribution in [3.05, 3.63) is 41.2 Å². The van der Waals surface area contributed by atoms with E-state index >= 15 is 0 Å². The van der Waals surface area contributed by atoms with E-state index in [-0.39, 0.29) is 18.6 Å². The molecule has 4 rings (SSSR count). The topological polar surface area (TPSA) is 65.8 Å². The molecular weight excluding hydrogens is 322 g/mol. The first-order chi connectivity index (χ1) is 12.1. The van der Waals surface area contributed by atoms with Crippen molar-refractivity contribution < 1.29 is 19.0 Å². The SMILES string of the molecule is COC[C@H]1CN(C(=O)Cc2ccc3c(c2)OCO3)Cc2cn(C)nc21. The van der Waals surface area contributed by atoms with Crippen LogP contribution in [0.1, 0.15) is 22.7 Å². The molecule has 0 unspecified atom stereocenters. The molecule has 0 saturated heterocycles. The van der Waals surface area contributed by atoms with Gasteiger partial charge in [0.2, 0.25) is 12.7 Å². The van der Waals surface area contributed by atoms with Crippen LogP contribution in [0.5, 0.6) is 11.5 Å². The average molecular weight is 343 g/mol. The first-order valence-electron chi connectivity index (χ1n) is 8.31. The Morgan fingerprint density at radius 2 is 2.20 bits per heavy atom. The minimum atomic E-state index is 0.0921. The van der Waals surface area contributed by atoms with Gasteiger partial charge >= 0.3 is 0 Å². The number of aromatic nitrogens is 2. The predicted molar refractivity (Wildman–Crippen MR) is 89.5 cm³/mol. The van der Waals surface area contributed by atoms with Crippen molar-refractivity contribution in [1.29, 1.82) is 0 Å². The molecule has 0 fully saturated rings. The highest BCUT2D eigenvalue weighted by Crippen LogP contribution is 2.33. The summed E-state index contributed by atoms with van der Waals surface area (Å²) in [6, 6.07) is 5.65. The number of rotatable bonds is 4. The zero-order valence-corrected chi connectivity index (χ0v) is 14.4. The average Bonchev–Trinajstić information content (AvgIpc) is 3.19. The second-order valence-corrected chi connectivity index (χ2v) is 6.50. The number of hydrogen-bond donors (Lipinski definition) is 0. The number of nitrogens with zero attached hydrogens (tertiary/aromatic N) is 3. The number of amides is 1. The van der Waals surface area contributed by atoms with Crippen LogP contribution < -0.4 is 9.47 Å². The van der Waals surface area contributed by atoms with Crippen LogP contribution in [-0.4, -0.2) is 47.6 Å². The Labute approximate surface area is 146 Å². The molecule has 1 atom stereocenters. The zero-order chi connectivity index (χ0) is 17.4. The third-order valence-electron chi connectivity index (χ3n) is 4.64. The van der Waals surface area contributed by atoms with E-state index in [2.05, 4.69) is 5.10 Å². The van der Waals surface area contributed by atoms with Gasteiger partial charge in [-0.1, -0.05) is 6.07 Å². The van der Waals surface area contributed by atoms with Crippen molar-refractivity contribution in [3.8, 4) is 11.5 Å². The van der Waals surface area contributed by atoms with Crippen LogP contribution in [-0.2, 0) is 29.5 Å². The molecule has 1 aromatic carbocycles. The zero-order valence-electron chi connectivity index (χ0n) is 14.4. The fraction of sp³-hybridized carbons (Fsp3) is 0.444. The number of fused-ring (bicyclic) bond motifs is 2. The van der Waals surface area contributed by atoms with Gasteiger partial charge in [-0.3, -0.25) is 9.48 Å². The van der Waals surface area contributed by atoms with Gasteiger partial charge in [-0.15, -0.1) is 0 Å². The van der Waals surface area contributed by atoms with E-state index in [1.54, 1.807) is 11.8 Å². The van der Waals surface area contributed by atoms with E-state index in [1.807, 2.05) is 36.3 Å². The summed E-state index contributed by atoms with van der Waals surface area (Å²) < 4.78 is 17.8. The van der Waals surface area contributed by atoms with E-state index in [0.717, 1.165) is 22.6 Å². The molecule has 2 aromatic rings. The van der Waals surface area contributed by atoms with Crippen molar-refractivity contribution in [2.24, 2.45) is 7.05 Å². The van der Waals surface area contributed by atoms with Gasteiger partial charge in [-0.25, -0.2) is 0 Å². The highest BCUT2D eigenvalue weighted by Gasteiger charge is 2.30. The second kappa shape index (κ2) is 6.40. The molecule has 7 nitrogen and oxygen atoms in total. The van der Waals surface area contributed by atoms with E-state index < -0.39 is 0 Å². The van der Waals surface area contributed by atoms with E-state index in [9.17, 15) is 4.79 Å². The van der Waals surface area contributed by atoms with Gasteiger partial charge in [0.05, 0.1) is 18.7 Å². The van der Waals surface area contributed by atoms with Crippen molar-refractivity contribution in [2.45, 2.75) is 18.9 Å². The first kappa shape index (κ1) is 16.0. The number of carbonyl (C=O) groups excluding carboxylic acids is 1. The summed E-state index contributed by atoms with van der Waals surface area (Å²) in [4.78, 5) is 14.7. The minimum absolute atomic E-state index is 0.0921. The third-order valence-corrected chi connectivity index (χ3v) is 4.64. The van der Waals surface area contributed by atoms with Crippen molar-refractivity contribution in [1.82, 2.24) is 14.7 Å². The fourth-order valence-electron chi connectivity index (χ4n) is 3.50. The quantitative estimate of drug-likeness (QED) is 0.841. The lowest BCUT2D eigenvalue weighted by Gasteiger charge is -2.31. The van der Waals surface area contributed by atoms with Crippen LogP contribution >= 0.6 is 0 Å². The Balaban J connectivity index is 1.50. The largest absolute Gasteiger partial charge is 0.454 e. The number of aryl methyl sites for hydroxylation is 1. The van der Waals surface area contributed by atoms with Gasteiger partial charge in [0.25, 0.3) is 0 Å². The fourth-order valence-corrected chi connectivity index (χ4v) is 3.50. The van der Waals surface area contributed by atoms with Crippen LogP contribution in [0.4, 0.5) is 0 Å². The molecule has 2 aliphatic rings. The predicted octanol–water partition coefficient (Wildman–Crippen LogP) is 1.46. The number of benzene rings is 1. The molecule has 0 spiro atoms. The van der Waals surface area contributed by atoms with E-state index in [0.29, 0.717) is 31.9 Å². The summed E-state index contributed by atoms with van der Waals surface area (Å²) in [5, 5.41) is 4.54. The summed E-state index contributed by atoms with van der Waals surface area (Å²) in [5.74, 6) is 1.63. The molecular formula is C18H21N3O4. The van der Waals surface area contributed by atoms with Crippen LogP contribution in [0, 0.1) is 0 Å². The Hall–Kier alpha value is -2.54. The van der Waals surface area contributed by atoms with Crippen molar-refractivity contribution in [2.75, 3.05) is 27.1 Å². The molecule has 7 heteroatoms. The van der Waals surface area contributed by atoms with Crippen LogP contribution in [0.2, 0.25) is 0 Å². The lowest BCUT2D eigenvalue weighted by atomic mass is 9.96. The lowest BCUT2D eigenvalue weighted by Crippen LogP contribution is -2.40. The second-order valence-electron chi connectivity index (χ2n) is 6.50.